The van der Waals surface area contributed by atoms with Crippen molar-refractivity contribution in [1.29, 1.82) is 0 Å². The fraction of sp³-hybridized carbons (Fsp3) is 0.143. The van der Waals surface area contributed by atoms with Crippen molar-refractivity contribution in [2.24, 2.45) is 5.73 Å². The van der Waals surface area contributed by atoms with Crippen LogP contribution in [0.25, 0.3) is 0 Å². The summed E-state index contributed by atoms with van der Waals surface area (Å²) in [6.07, 6.45) is 0. The van der Waals surface area contributed by atoms with Gasteiger partial charge in [0.25, 0.3) is 0 Å². The first-order valence-corrected chi connectivity index (χ1v) is 6.18. The molecule has 0 radical (unpaired) electrons. The second kappa shape index (κ2) is 4.52. The third-order valence-corrected chi connectivity index (χ3v) is 3.26. The lowest BCUT2D eigenvalue weighted by molar-refractivity contribution is 0.482. The molecule has 1 unspecified atom stereocenters. The molecule has 0 spiro atoms. The number of para-hydroxylation sites is 1. The average molecular weight is 261 g/mol. The maximum Gasteiger partial charge on any atom is 0.150 e. The molecule has 4 heteroatoms. The quantitative estimate of drug-likeness (QED) is 0.824. The molecule has 18 heavy (non-hydrogen) atoms. The SMILES string of the molecule is NCC1Nc2cc(Cl)ccc2Oc2ccccc21. The van der Waals surface area contributed by atoms with Crippen LogP contribution in [0.1, 0.15) is 11.6 Å². The van der Waals surface area contributed by atoms with Gasteiger partial charge in [-0.05, 0) is 24.3 Å². The van der Waals surface area contributed by atoms with Gasteiger partial charge in [0.1, 0.15) is 5.75 Å². The van der Waals surface area contributed by atoms with Gasteiger partial charge in [0.05, 0.1) is 11.7 Å². The lowest BCUT2D eigenvalue weighted by Gasteiger charge is -2.16. The van der Waals surface area contributed by atoms with Crippen molar-refractivity contribution in [2.45, 2.75) is 6.04 Å². The summed E-state index contributed by atoms with van der Waals surface area (Å²) < 4.78 is 5.91. The van der Waals surface area contributed by atoms with E-state index in [4.69, 9.17) is 22.1 Å². The maximum absolute atomic E-state index is 6.01. The van der Waals surface area contributed by atoms with Gasteiger partial charge >= 0.3 is 0 Å². The van der Waals surface area contributed by atoms with Crippen LogP contribution in [0, 0.1) is 0 Å². The van der Waals surface area contributed by atoms with Crippen molar-refractivity contribution in [3.63, 3.8) is 0 Å². The van der Waals surface area contributed by atoms with Crippen molar-refractivity contribution in [3.8, 4) is 11.5 Å². The Balaban J connectivity index is 2.13. The highest BCUT2D eigenvalue weighted by molar-refractivity contribution is 6.30. The first kappa shape index (κ1) is 11.4. The Morgan fingerprint density at radius 3 is 2.83 bits per heavy atom. The van der Waals surface area contributed by atoms with Crippen LogP contribution >= 0.6 is 11.6 Å². The molecule has 92 valence electrons. The number of halogens is 1. The van der Waals surface area contributed by atoms with Gasteiger partial charge in [0.15, 0.2) is 5.75 Å². The predicted molar refractivity (Wildman–Crippen MR) is 73.4 cm³/mol. The third kappa shape index (κ3) is 1.92. The third-order valence-electron chi connectivity index (χ3n) is 3.02. The molecule has 0 amide bonds. The molecular weight excluding hydrogens is 248 g/mol. The summed E-state index contributed by atoms with van der Waals surface area (Å²) in [4.78, 5) is 0. The summed E-state index contributed by atoms with van der Waals surface area (Å²) in [7, 11) is 0. The summed E-state index contributed by atoms with van der Waals surface area (Å²) in [6, 6.07) is 13.5. The number of ether oxygens (including phenoxy) is 1. The zero-order valence-electron chi connectivity index (χ0n) is 9.69. The normalized spacial score (nSPS) is 16.9. The standard InChI is InChI=1S/C14H13ClN2O/c15-9-5-6-14-11(7-9)17-12(8-16)10-3-1-2-4-13(10)18-14/h1-7,12,17H,8,16H2. The predicted octanol–water partition coefficient (Wildman–Crippen LogP) is 3.56. The highest BCUT2D eigenvalue weighted by Crippen LogP contribution is 2.40. The number of anilines is 1. The average Bonchev–Trinajstić information content (AvgIpc) is 2.54. The smallest absolute Gasteiger partial charge is 0.150 e. The zero-order valence-corrected chi connectivity index (χ0v) is 10.4. The van der Waals surface area contributed by atoms with Gasteiger partial charge in [-0.25, -0.2) is 0 Å². The lowest BCUT2D eigenvalue weighted by atomic mass is 10.1. The summed E-state index contributed by atoms with van der Waals surface area (Å²) in [5.74, 6) is 1.60. The first-order valence-electron chi connectivity index (χ1n) is 5.81. The van der Waals surface area contributed by atoms with Crippen LogP contribution in [0.4, 0.5) is 5.69 Å². The molecule has 3 rings (SSSR count). The fourth-order valence-corrected chi connectivity index (χ4v) is 2.31. The molecule has 1 aliphatic rings. The van der Waals surface area contributed by atoms with E-state index in [1.54, 1.807) is 0 Å². The molecule has 3 N–H and O–H groups in total. The van der Waals surface area contributed by atoms with Gasteiger partial charge in [-0.3, -0.25) is 0 Å². The molecule has 0 aliphatic carbocycles. The number of nitrogens with one attached hydrogen (secondary N) is 1. The van der Waals surface area contributed by atoms with Crippen molar-refractivity contribution < 1.29 is 4.74 Å². The van der Waals surface area contributed by atoms with Gasteiger partial charge in [-0.1, -0.05) is 29.8 Å². The Bertz CT molecular complexity index is 586. The van der Waals surface area contributed by atoms with Crippen LogP contribution in [0.2, 0.25) is 5.02 Å². The van der Waals surface area contributed by atoms with Crippen LogP contribution < -0.4 is 15.8 Å². The van der Waals surface area contributed by atoms with Crippen molar-refractivity contribution in [3.05, 3.63) is 53.1 Å². The summed E-state index contributed by atoms with van der Waals surface area (Å²) in [5, 5.41) is 4.04. The van der Waals surface area contributed by atoms with Gasteiger partial charge in [0.2, 0.25) is 0 Å². The molecule has 0 aromatic heterocycles. The van der Waals surface area contributed by atoms with E-state index < -0.39 is 0 Å². The highest BCUT2D eigenvalue weighted by Gasteiger charge is 2.21. The van der Waals surface area contributed by atoms with Crippen LogP contribution in [0.5, 0.6) is 11.5 Å². The molecule has 0 saturated carbocycles. The fourth-order valence-electron chi connectivity index (χ4n) is 2.14. The van der Waals surface area contributed by atoms with Crippen LogP contribution in [0.15, 0.2) is 42.5 Å². The van der Waals surface area contributed by atoms with Gasteiger partial charge < -0.3 is 15.8 Å². The molecule has 3 nitrogen and oxygen atoms in total. The molecule has 1 heterocycles. The molecule has 2 aromatic carbocycles. The minimum Gasteiger partial charge on any atom is -0.455 e. The van der Waals surface area contributed by atoms with E-state index in [9.17, 15) is 0 Å². The largest absolute Gasteiger partial charge is 0.455 e. The van der Waals surface area contributed by atoms with E-state index >= 15 is 0 Å². The summed E-state index contributed by atoms with van der Waals surface area (Å²) >= 11 is 6.01. The topological polar surface area (TPSA) is 47.3 Å². The number of rotatable bonds is 1. The Hall–Kier alpha value is -1.71. The van der Waals surface area contributed by atoms with E-state index in [1.165, 1.54) is 0 Å². The van der Waals surface area contributed by atoms with Crippen LogP contribution in [-0.2, 0) is 0 Å². The molecule has 1 aliphatic heterocycles. The van der Waals surface area contributed by atoms with Gasteiger partial charge in [-0.2, -0.15) is 0 Å². The molecule has 0 fully saturated rings. The Morgan fingerprint density at radius 2 is 2.00 bits per heavy atom. The van der Waals surface area contributed by atoms with Crippen molar-refractivity contribution in [2.75, 3.05) is 11.9 Å². The second-order valence-electron chi connectivity index (χ2n) is 4.21. The van der Waals surface area contributed by atoms with Gasteiger partial charge in [0, 0.05) is 17.1 Å². The van der Waals surface area contributed by atoms with Crippen molar-refractivity contribution >= 4 is 17.3 Å². The number of nitrogens with two attached hydrogens (primary N) is 1. The number of hydrogen-bond donors (Lipinski definition) is 2. The van der Waals surface area contributed by atoms with Crippen molar-refractivity contribution in [1.82, 2.24) is 0 Å². The number of hydrogen-bond acceptors (Lipinski definition) is 3. The monoisotopic (exact) mass is 260 g/mol. The Morgan fingerprint density at radius 1 is 1.17 bits per heavy atom. The summed E-state index contributed by atoms with van der Waals surface area (Å²) in [6.45, 7) is 0.492. The number of benzene rings is 2. The van der Waals surface area contributed by atoms with E-state index in [1.807, 2.05) is 42.5 Å². The molecular formula is C14H13ClN2O. The summed E-state index contributed by atoms with van der Waals surface area (Å²) in [5.41, 5.74) is 7.76. The van der Waals surface area contributed by atoms with Crippen LogP contribution in [0.3, 0.4) is 0 Å². The first-order chi connectivity index (χ1) is 8.78. The molecule has 1 atom stereocenters. The lowest BCUT2D eigenvalue weighted by Crippen LogP contribution is -2.19. The number of fused-ring (bicyclic) bond motifs is 2. The maximum atomic E-state index is 6.01. The second-order valence-corrected chi connectivity index (χ2v) is 4.65. The Labute approximate surface area is 111 Å². The van der Waals surface area contributed by atoms with E-state index in [0.717, 1.165) is 22.7 Å². The molecule has 0 saturated heterocycles. The minimum atomic E-state index is 0.0286. The Kier molecular flexibility index (Phi) is 2.86. The van der Waals surface area contributed by atoms with Crippen LogP contribution in [-0.4, -0.2) is 6.54 Å². The van der Waals surface area contributed by atoms with E-state index in [2.05, 4.69) is 5.32 Å². The zero-order chi connectivity index (χ0) is 12.5. The van der Waals surface area contributed by atoms with E-state index in [0.29, 0.717) is 11.6 Å². The minimum absolute atomic E-state index is 0.0286. The van der Waals surface area contributed by atoms with E-state index in [-0.39, 0.29) is 6.04 Å². The highest BCUT2D eigenvalue weighted by atomic mass is 35.5. The van der Waals surface area contributed by atoms with Gasteiger partial charge in [-0.15, -0.1) is 0 Å². The molecule has 2 aromatic rings. The molecule has 0 bridgehead atoms.